The summed E-state index contributed by atoms with van der Waals surface area (Å²) in [6.07, 6.45) is 1.90. The molecule has 5 heteroatoms. The van der Waals surface area contributed by atoms with Crippen molar-refractivity contribution in [3.05, 3.63) is 53.3 Å². The zero-order chi connectivity index (χ0) is 15.9. The van der Waals surface area contributed by atoms with Crippen LogP contribution in [0.5, 0.6) is 0 Å². The molecule has 0 aliphatic carbocycles. The number of ether oxygens (including phenoxy) is 1. The van der Waals surface area contributed by atoms with E-state index in [9.17, 15) is 4.79 Å². The second-order valence-corrected chi connectivity index (χ2v) is 6.36. The summed E-state index contributed by atoms with van der Waals surface area (Å²) in [6.45, 7) is 4.06. The second-order valence-electron chi connectivity index (χ2n) is 6.36. The van der Waals surface area contributed by atoms with Gasteiger partial charge in [0.2, 0.25) is 0 Å². The number of para-hydroxylation sites is 1. The summed E-state index contributed by atoms with van der Waals surface area (Å²) < 4.78 is 5.54. The molecule has 2 aromatic rings. The number of aromatic nitrogens is 2. The van der Waals surface area contributed by atoms with Gasteiger partial charge in [-0.2, -0.15) is 5.10 Å². The first-order chi connectivity index (χ1) is 11.2. The highest BCUT2D eigenvalue weighted by atomic mass is 16.5. The quantitative estimate of drug-likeness (QED) is 0.812. The lowest BCUT2D eigenvalue weighted by molar-refractivity contribution is 0.0547. The van der Waals surface area contributed by atoms with Gasteiger partial charge in [0.25, 0.3) is 5.91 Å². The van der Waals surface area contributed by atoms with Gasteiger partial charge in [0.15, 0.2) is 5.69 Å². The summed E-state index contributed by atoms with van der Waals surface area (Å²) in [6, 6.07) is 11.8. The number of nitrogens with zero attached hydrogens (tertiary/aromatic N) is 3. The molecule has 3 heterocycles. The van der Waals surface area contributed by atoms with Gasteiger partial charge in [-0.05, 0) is 43.5 Å². The van der Waals surface area contributed by atoms with Crippen molar-refractivity contribution in [3.8, 4) is 0 Å². The molecule has 1 spiro atoms. The molecule has 1 aromatic carbocycles. The van der Waals surface area contributed by atoms with Crippen molar-refractivity contribution in [2.45, 2.75) is 25.2 Å². The predicted octanol–water partition coefficient (Wildman–Crippen LogP) is 2.49. The lowest BCUT2D eigenvalue weighted by Gasteiger charge is -2.34. The summed E-state index contributed by atoms with van der Waals surface area (Å²) in [7, 11) is 0. The van der Waals surface area contributed by atoms with Crippen LogP contribution in [0.1, 0.15) is 34.6 Å². The molecule has 4 rings (SSSR count). The number of hydrogen-bond donors (Lipinski definition) is 0. The molecule has 1 aromatic heterocycles. The standard InChI is InChI=1S/C18H19N3O2/c1-13-6-7-15(20-19-13)17(22)21-12-18(8-10-23-11-9-18)14-4-2-3-5-16(14)21/h2-7H,8-12H2,1H3. The highest BCUT2D eigenvalue weighted by Gasteiger charge is 2.45. The van der Waals surface area contributed by atoms with E-state index in [4.69, 9.17) is 4.74 Å². The monoisotopic (exact) mass is 309 g/mol. The fourth-order valence-electron chi connectivity index (χ4n) is 3.65. The van der Waals surface area contributed by atoms with Crippen LogP contribution in [0.25, 0.3) is 0 Å². The summed E-state index contributed by atoms with van der Waals surface area (Å²) in [4.78, 5) is 14.8. The van der Waals surface area contributed by atoms with Crippen molar-refractivity contribution in [1.82, 2.24) is 10.2 Å². The molecule has 1 saturated heterocycles. The number of carbonyl (C=O) groups is 1. The number of anilines is 1. The third-order valence-corrected chi connectivity index (χ3v) is 4.94. The van der Waals surface area contributed by atoms with Crippen LogP contribution < -0.4 is 4.90 Å². The molecule has 5 nitrogen and oxygen atoms in total. The van der Waals surface area contributed by atoms with Crippen molar-refractivity contribution in [2.24, 2.45) is 0 Å². The first kappa shape index (κ1) is 14.3. The predicted molar refractivity (Wildman–Crippen MR) is 86.6 cm³/mol. The fraction of sp³-hybridized carbons (Fsp3) is 0.389. The molecule has 0 radical (unpaired) electrons. The average molecular weight is 309 g/mol. The SMILES string of the molecule is Cc1ccc(C(=O)N2CC3(CCOCC3)c3ccccc32)nn1. The molecule has 23 heavy (non-hydrogen) atoms. The summed E-state index contributed by atoms with van der Waals surface area (Å²) in [5.41, 5.74) is 3.49. The summed E-state index contributed by atoms with van der Waals surface area (Å²) >= 11 is 0. The Morgan fingerprint density at radius 3 is 2.65 bits per heavy atom. The topological polar surface area (TPSA) is 55.3 Å². The van der Waals surface area contributed by atoms with Gasteiger partial charge in [-0.15, -0.1) is 5.10 Å². The van der Waals surface area contributed by atoms with Crippen LogP contribution >= 0.6 is 0 Å². The van der Waals surface area contributed by atoms with Crippen LogP contribution in [-0.2, 0) is 10.2 Å². The Morgan fingerprint density at radius 2 is 1.91 bits per heavy atom. The van der Waals surface area contributed by atoms with E-state index < -0.39 is 0 Å². The summed E-state index contributed by atoms with van der Waals surface area (Å²) in [5, 5.41) is 8.08. The van der Waals surface area contributed by atoms with Crippen molar-refractivity contribution in [2.75, 3.05) is 24.7 Å². The number of amides is 1. The fourth-order valence-corrected chi connectivity index (χ4v) is 3.65. The third-order valence-electron chi connectivity index (χ3n) is 4.94. The van der Waals surface area contributed by atoms with E-state index in [2.05, 4.69) is 22.3 Å². The minimum absolute atomic E-state index is 0.0165. The van der Waals surface area contributed by atoms with Crippen LogP contribution in [0.4, 0.5) is 5.69 Å². The molecule has 0 unspecified atom stereocenters. The first-order valence-corrected chi connectivity index (χ1v) is 7.99. The molecule has 0 saturated carbocycles. The highest BCUT2D eigenvalue weighted by Crippen LogP contribution is 2.46. The van der Waals surface area contributed by atoms with Gasteiger partial charge in [0.1, 0.15) is 0 Å². The van der Waals surface area contributed by atoms with Gasteiger partial charge in [-0.1, -0.05) is 18.2 Å². The van der Waals surface area contributed by atoms with Crippen LogP contribution in [0, 0.1) is 6.92 Å². The molecule has 2 aliphatic rings. The maximum Gasteiger partial charge on any atom is 0.278 e. The van der Waals surface area contributed by atoms with Crippen molar-refractivity contribution >= 4 is 11.6 Å². The van der Waals surface area contributed by atoms with Crippen molar-refractivity contribution in [1.29, 1.82) is 0 Å². The van der Waals surface area contributed by atoms with Crippen molar-refractivity contribution in [3.63, 3.8) is 0 Å². The molecule has 0 N–H and O–H groups in total. The zero-order valence-electron chi connectivity index (χ0n) is 13.2. The van der Waals surface area contributed by atoms with Gasteiger partial charge in [0.05, 0.1) is 5.69 Å². The largest absolute Gasteiger partial charge is 0.381 e. The van der Waals surface area contributed by atoms with Crippen LogP contribution in [-0.4, -0.2) is 35.9 Å². The number of fused-ring (bicyclic) bond motifs is 2. The normalized spacial score (nSPS) is 18.9. The van der Waals surface area contributed by atoms with E-state index in [-0.39, 0.29) is 11.3 Å². The van der Waals surface area contributed by atoms with E-state index >= 15 is 0 Å². The Bertz CT molecular complexity index is 736. The third kappa shape index (κ3) is 2.32. The molecule has 0 bridgehead atoms. The average Bonchev–Trinajstić information content (AvgIpc) is 2.90. The highest BCUT2D eigenvalue weighted by molar-refractivity contribution is 6.06. The Labute approximate surface area is 135 Å². The van der Waals surface area contributed by atoms with Crippen molar-refractivity contribution < 1.29 is 9.53 Å². The molecular weight excluding hydrogens is 290 g/mol. The second kappa shape index (κ2) is 5.42. The Hall–Kier alpha value is -2.27. The van der Waals surface area contributed by atoms with Crippen LogP contribution in [0.2, 0.25) is 0 Å². The Morgan fingerprint density at radius 1 is 1.13 bits per heavy atom. The number of rotatable bonds is 1. The molecule has 118 valence electrons. The molecule has 2 aliphatic heterocycles. The lowest BCUT2D eigenvalue weighted by atomic mass is 9.76. The number of benzene rings is 1. The first-order valence-electron chi connectivity index (χ1n) is 7.99. The van der Waals surface area contributed by atoms with Crippen LogP contribution in [0.15, 0.2) is 36.4 Å². The van der Waals surface area contributed by atoms with Crippen LogP contribution in [0.3, 0.4) is 0 Å². The minimum atomic E-state index is -0.0756. The Balaban J connectivity index is 1.73. The molecule has 0 atom stereocenters. The maximum absolute atomic E-state index is 12.9. The number of hydrogen-bond acceptors (Lipinski definition) is 4. The smallest absolute Gasteiger partial charge is 0.278 e. The minimum Gasteiger partial charge on any atom is -0.381 e. The van der Waals surface area contributed by atoms with Gasteiger partial charge in [0, 0.05) is 30.9 Å². The van der Waals surface area contributed by atoms with E-state index in [0.29, 0.717) is 12.2 Å². The molecular formula is C18H19N3O2. The number of carbonyl (C=O) groups excluding carboxylic acids is 1. The van der Waals surface area contributed by atoms with Gasteiger partial charge >= 0.3 is 0 Å². The molecule has 1 fully saturated rings. The van der Waals surface area contributed by atoms with E-state index in [1.54, 1.807) is 6.07 Å². The van der Waals surface area contributed by atoms with E-state index in [1.807, 2.05) is 30.0 Å². The van der Waals surface area contributed by atoms with Gasteiger partial charge in [-0.3, -0.25) is 4.79 Å². The van der Waals surface area contributed by atoms with E-state index in [0.717, 1.165) is 37.4 Å². The molecule has 1 amide bonds. The summed E-state index contributed by atoms with van der Waals surface area (Å²) in [5.74, 6) is -0.0756. The number of aryl methyl sites for hydroxylation is 1. The van der Waals surface area contributed by atoms with E-state index in [1.165, 1.54) is 5.56 Å². The van der Waals surface area contributed by atoms with Gasteiger partial charge < -0.3 is 9.64 Å². The maximum atomic E-state index is 12.9. The zero-order valence-corrected chi connectivity index (χ0v) is 13.2. The Kier molecular flexibility index (Phi) is 3.38. The lowest BCUT2D eigenvalue weighted by Crippen LogP contribution is -2.41. The van der Waals surface area contributed by atoms with Gasteiger partial charge in [-0.25, -0.2) is 0 Å².